The largest absolute Gasteiger partial charge is 0.282 e. The summed E-state index contributed by atoms with van der Waals surface area (Å²) in [5, 5.41) is 16.4. The van der Waals surface area contributed by atoms with Crippen LogP contribution in [0.3, 0.4) is 0 Å². The second-order valence-electron chi connectivity index (χ2n) is 16.0. The molecule has 1 spiro atoms. The summed E-state index contributed by atoms with van der Waals surface area (Å²) in [5.41, 5.74) is 14.3. The van der Waals surface area contributed by atoms with Crippen molar-refractivity contribution >= 4 is 50.2 Å². The van der Waals surface area contributed by atoms with E-state index in [1.807, 2.05) is 36.5 Å². The SMILES string of the molecule is N=C(N=C(N=Cc1c2ccccc2cc2c1ccc1ccccc12)c1ccc2c(c1)C1(c3ccccc3-c3ccccc31)c1ccccc1-2)c1ccc(-c2ccccc2)cc1. The van der Waals surface area contributed by atoms with Crippen molar-refractivity contribution < 1.29 is 0 Å². The molecule has 0 atom stereocenters. The summed E-state index contributed by atoms with van der Waals surface area (Å²) < 4.78 is 0. The van der Waals surface area contributed by atoms with Gasteiger partial charge >= 0.3 is 0 Å². The van der Waals surface area contributed by atoms with Crippen LogP contribution in [-0.2, 0) is 5.41 Å². The quantitative estimate of drug-likeness (QED) is 0.0801. The average molecular weight is 776 g/mol. The van der Waals surface area contributed by atoms with Crippen LogP contribution in [-0.4, -0.2) is 17.9 Å². The second kappa shape index (κ2) is 13.8. The van der Waals surface area contributed by atoms with E-state index in [-0.39, 0.29) is 5.84 Å². The number of aliphatic imine (C=N–C) groups is 2. The molecule has 0 heterocycles. The first-order chi connectivity index (χ1) is 30.2. The van der Waals surface area contributed by atoms with E-state index in [0.717, 1.165) is 44.0 Å². The van der Waals surface area contributed by atoms with Gasteiger partial charge in [-0.2, -0.15) is 0 Å². The predicted molar refractivity (Wildman–Crippen MR) is 255 cm³/mol. The van der Waals surface area contributed by atoms with Crippen LogP contribution < -0.4 is 0 Å². The molecule has 0 saturated heterocycles. The van der Waals surface area contributed by atoms with Crippen LogP contribution in [0.25, 0.3) is 65.7 Å². The minimum absolute atomic E-state index is 0.149. The van der Waals surface area contributed by atoms with Crippen LogP contribution in [0.2, 0.25) is 0 Å². The number of hydrogen-bond acceptors (Lipinski definition) is 1. The fraction of sp³-hybridized carbons (Fsp3) is 0.0172. The number of benzene rings is 10. The first kappa shape index (κ1) is 35.0. The molecule has 0 radical (unpaired) electrons. The molecule has 0 bridgehead atoms. The smallest absolute Gasteiger partial charge is 0.161 e. The van der Waals surface area contributed by atoms with Crippen LogP contribution >= 0.6 is 0 Å². The van der Waals surface area contributed by atoms with Crippen LogP contribution in [0.15, 0.2) is 222 Å². The highest BCUT2D eigenvalue weighted by Crippen LogP contribution is 2.62. The molecule has 284 valence electrons. The molecule has 0 aliphatic heterocycles. The van der Waals surface area contributed by atoms with E-state index in [1.54, 1.807) is 0 Å². The van der Waals surface area contributed by atoms with Gasteiger partial charge in [0.25, 0.3) is 0 Å². The maximum atomic E-state index is 9.47. The molecule has 3 nitrogen and oxygen atoms in total. The van der Waals surface area contributed by atoms with Crippen LogP contribution in [0.5, 0.6) is 0 Å². The normalized spacial score (nSPS) is 13.5. The predicted octanol–water partition coefficient (Wildman–Crippen LogP) is 14.0. The Bertz CT molecular complexity index is 3420. The number of rotatable bonds is 4. The lowest BCUT2D eigenvalue weighted by molar-refractivity contribution is 0.793. The van der Waals surface area contributed by atoms with Gasteiger partial charge in [-0.3, -0.25) is 5.41 Å². The first-order valence-electron chi connectivity index (χ1n) is 20.8. The highest BCUT2D eigenvalue weighted by atomic mass is 14.9. The number of amidine groups is 2. The fourth-order valence-corrected chi connectivity index (χ4v) is 10.1. The molecule has 0 amide bonds. The fourth-order valence-electron chi connectivity index (χ4n) is 10.1. The van der Waals surface area contributed by atoms with Gasteiger partial charge in [0, 0.05) is 22.9 Å². The molecule has 10 aromatic carbocycles. The summed E-state index contributed by atoms with van der Waals surface area (Å²) in [6, 6.07) is 75.5. The molecule has 61 heavy (non-hydrogen) atoms. The minimum atomic E-state index is -0.516. The number of nitrogens with one attached hydrogen (secondary N) is 1. The maximum absolute atomic E-state index is 9.47. The zero-order valence-electron chi connectivity index (χ0n) is 33.2. The molecule has 0 fully saturated rings. The van der Waals surface area contributed by atoms with Crippen LogP contribution in [0, 0.1) is 5.41 Å². The van der Waals surface area contributed by atoms with Gasteiger partial charge in [0.15, 0.2) is 11.7 Å². The molecule has 10 aromatic rings. The Balaban J connectivity index is 1.07. The lowest BCUT2D eigenvalue weighted by Crippen LogP contribution is -2.26. The maximum Gasteiger partial charge on any atom is 0.161 e. The topological polar surface area (TPSA) is 48.6 Å². The van der Waals surface area contributed by atoms with E-state index in [0.29, 0.717) is 5.84 Å². The van der Waals surface area contributed by atoms with Gasteiger partial charge in [0.1, 0.15) is 0 Å². The van der Waals surface area contributed by atoms with Crippen molar-refractivity contribution in [2.24, 2.45) is 9.98 Å². The molecular formula is C58H37N3. The minimum Gasteiger partial charge on any atom is -0.282 e. The molecule has 12 rings (SSSR count). The zero-order valence-corrected chi connectivity index (χ0v) is 33.2. The van der Waals surface area contributed by atoms with E-state index >= 15 is 0 Å². The van der Waals surface area contributed by atoms with Crippen molar-refractivity contribution in [1.29, 1.82) is 5.41 Å². The highest BCUT2D eigenvalue weighted by molar-refractivity contribution is 6.22. The summed E-state index contributed by atoms with van der Waals surface area (Å²) in [6.07, 6.45) is 1.97. The van der Waals surface area contributed by atoms with Gasteiger partial charge < -0.3 is 0 Å². The average Bonchev–Trinajstić information content (AvgIpc) is 3.80. The Morgan fingerprint density at radius 1 is 0.393 bits per heavy atom. The molecule has 0 aromatic heterocycles. The van der Waals surface area contributed by atoms with Crippen LogP contribution in [0.1, 0.15) is 38.9 Å². The first-order valence-corrected chi connectivity index (χ1v) is 20.8. The molecular weight excluding hydrogens is 739 g/mol. The van der Waals surface area contributed by atoms with E-state index in [4.69, 9.17) is 9.98 Å². The van der Waals surface area contributed by atoms with E-state index in [9.17, 15) is 5.41 Å². The molecule has 0 saturated carbocycles. The summed E-state index contributed by atoms with van der Waals surface area (Å²) in [6.45, 7) is 0. The van der Waals surface area contributed by atoms with Crippen LogP contribution in [0.4, 0.5) is 0 Å². The number of hydrogen-bond donors (Lipinski definition) is 1. The lowest BCUT2D eigenvalue weighted by atomic mass is 9.70. The van der Waals surface area contributed by atoms with Gasteiger partial charge in [-0.05, 0) is 100 Å². The Morgan fingerprint density at radius 2 is 0.934 bits per heavy atom. The van der Waals surface area contributed by atoms with Crippen molar-refractivity contribution in [1.82, 2.24) is 0 Å². The molecule has 2 aliphatic rings. The third-order valence-corrected chi connectivity index (χ3v) is 12.9. The van der Waals surface area contributed by atoms with Crippen molar-refractivity contribution in [2.75, 3.05) is 0 Å². The Morgan fingerprint density at radius 3 is 1.62 bits per heavy atom. The third kappa shape index (κ3) is 5.34. The lowest BCUT2D eigenvalue weighted by Gasteiger charge is -2.30. The van der Waals surface area contributed by atoms with Crippen molar-refractivity contribution in [3.8, 4) is 33.4 Å². The summed E-state index contributed by atoms with van der Waals surface area (Å²) >= 11 is 0. The Labute approximate surface area is 354 Å². The summed E-state index contributed by atoms with van der Waals surface area (Å²) in [7, 11) is 0. The highest BCUT2D eigenvalue weighted by Gasteiger charge is 2.51. The third-order valence-electron chi connectivity index (χ3n) is 12.9. The van der Waals surface area contributed by atoms with Gasteiger partial charge in [-0.1, -0.05) is 200 Å². The zero-order chi connectivity index (χ0) is 40.5. The van der Waals surface area contributed by atoms with Crippen molar-refractivity contribution in [3.05, 3.63) is 251 Å². The number of fused-ring (bicyclic) bond motifs is 14. The van der Waals surface area contributed by atoms with Crippen molar-refractivity contribution in [2.45, 2.75) is 5.41 Å². The standard InChI is InChI=1S/C58H37N3/c59-56(40-28-26-38(27-29-40)37-14-2-1-3-15-37)61-57(60-36-51-44-19-7-5-17-41(44)34-50-43-18-6-4-16-39(43)30-32-45(50)51)42-31-33-49-48-22-10-13-25-54(48)58(55(49)35-42)52-23-11-8-20-46(52)47-21-9-12-24-53(47)58/h1-36,59H. The van der Waals surface area contributed by atoms with Crippen molar-refractivity contribution in [3.63, 3.8) is 0 Å². The van der Waals surface area contributed by atoms with Gasteiger partial charge in [0.2, 0.25) is 0 Å². The second-order valence-corrected chi connectivity index (χ2v) is 16.0. The Hall–Kier alpha value is -8.01. The van der Waals surface area contributed by atoms with E-state index in [2.05, 4.69) is 182 Å². The molecule has 3 heteroatoms. The summed E-state index contributed by atoms with van der Waals surface area (Å²) in [5.74, 6) is 0.628. The molecule has 2 aliphatic carbocycles. The number of nitrogens with zero attached hydrogens (tertiary/aromatic N) is 2. The van der Waals surface area contributed by atoms with Gasteiger partial charge in [-0.15, -0.1) is 0 Å². The molecule has 0 unspecified atom stereocenters. The Kier molecular flexibility index (Phi) is 7.91. The molecule has 1 N–H and O–H groups in total. The van der Waals surface area contributed by atoms with Gasteiger partial charge in [0.05, 0.1) is 5.41 Å². The van der Waals surface area contributed by atoms with E-state index < -0.39 is 5.41 Å². The monoisotopic (exact) mass is 775 g/mol. The van der Waals surface area contributed by atoms with Gasteiger partial charge in [-0.25, -0.2) is 9.98 Å². The van der Waals surface area contributed by atoms with E-state index in [1.165, 1.54) is 60.7 Å². The summed E-state index contributed by atoms with van der Waals surface area (Å²) in [4.78, 5) is 10.5.